The molecule has 1 atom stereocenters. The molecule has 0 radical (unpaired) electrons. The number of alkyl halides is 1. The van der Waals surface area contributed by atoms with Gasteiger partial charge in [0.2, 0.25) is 0 Å². The quantitative estimate of drug-likeness (QED) is 0.554. The lowest BCUT2D eigenvalue weighted by Crippen LogP contribution is -2.20. The second kappa shape index (κ2) is 5.29. The molecule has 0 amide bonds. The normalized spacial score (nSPS) is 12.5. The number of phenols is 1. The molecule has 0 saturated carbocycles. The van der Waals surface area contributed by atoms with Crippen LogP contribution in [0.4, 0.5) is 5.69 Å². The van der Waals surface area contributed by atoms with Crippen LogP contribution in [0.3, 0.4) is 0 Å². The summed E-state index contributed by atoms with van der Waals surface area (Å²) >= 11 is 11.2. The number of halogens is 2. The third-order valence-corrected chi connectivity index (χ3v) is 2.33. The van der Waals surface area contributed by atoms with Crippen LogP contribution in [0.1, 0.15) is 0 Å². The molecular weight excluding hydrogens is 225 g/mol. The SMILES string of the molecule is Oc1ccc(NCC(O)CCl)c(Cl)c1. The predicted octanol–water partition coefficient (Wildman–Crippen LogP) is 2.06. The van der Waals surface area contributed by atoms with Crippen LogP contribution in [-0.4, -0.2) is 28.7 Å². The lowest BCUT2D eigenvalue weighted by molar-refractivity contribution is 0.211. The fourth-order valence-electron chi connectivity index (χ4n) is 0.930. The molecule has 1 aromatic carbocycles. The lowest BCUT2D eigenvalue weighted by atomic mass is 10.3. The van der Waals surface area contributed by atoms with Crippen molar-refractivity contribution >= 4 is 28.9 Å². The minimum atomic E-state index is -0.610. The van der Waals surface area contributed by atoms with Gasteiger partial charge >= 0.3 is 0 Å². The van der Waals surface area contributed by atoms with Gasteiger partial charge in [0, 0.05) is 12.6 Å². The highest BCUT2D eigenvalue weighted by Crippen LogP contribution is 2.25. The van der Waals surface area contributed by atoms with Crippen molar-refractivity contribution in [3.63, 3.8) is 0 Å². The van der Waals surface area contributed by atoms with Crippen LogP contribution in [-0.2, 0) is 0 Å². The highest BCUT2D eigenvalue weighted by Gasteiger charge is 2.04. The van der Waals surface area contributed by atoms with E-state index in [1.807, 2.05) is 0 Å². The van der Waals surface area contributed by atoms with Gasteiger partial charge in [-0.25, -0.2) is 0 Å². The summed E-state index contributed by atoms with van der Waals surface area (Å²) in [7, 11) is 0. The van der Waals surface area contributed by atoms with E-state index >= 15 is 0 Å². The Labute approximate surface area is 92.3 Å². The van der Waals surface area contributed by atoms with Gasteiger partial charge in [-0.2, -0.15) is 0 Å². The molecule has 0 saturated heterocycles. The number of phenolic OH excluding ortho intramolecular Hbond substituents is 1. The van der Waals surface area contributed by atoms with Crippen molar-refractivity contribution < 1.29 is 10.2 Å². The van der Waals surface area contributed by atoms with Crippen molar-refractivity contribution in [3.8, 4) is 5.75 Å². The largest absolute Gasteiger partial charge is 0.508 e. The fraction of sp³-hybridized carbons (Fsp3) is 0.333. The van der Waals surface area contributed by atoms with E-state index in [2.05, 4.69) is 5.32 Å². The van der Waals surface area contributed by atoms with Crippen LogP contribution < -0.4 is 5.32 Å². The standard InChI is InChI=1S/C9H11Cl2NO2/c10-4-7(14)5-12-9-2-1-6(13)3-8(9)11/h1-3,7,12-14H,4-5H2. The van der Waals surface area contributed by atoms with E-state index in [1.54, 1.807) is 6.07 Å². The molecule has 0 aliphatic rings. The van der Waals surface area contributed by atoms with E-state index < -0.39 is 6.10 Å². The molecule has 5 heteroatoms. The topological polar surface area (TPSA) is 52.5 Å². The summed E-state index contributed by atoms with van der Waals surface area (Å²) in [4.78, 5) is 0. The van der Waals surface area contributed by atoms with Gasteiger partial charge < -0.3 is 15.5 Å². The third kappa shape index (κ3) is 3.25. The Bertz CT molecular complexity index is 307. The van der Waals surface area contributed by atoms with Crippen molar-refractivity contribution in [2.45, 2.75) is 6.10 Å². The van der Waals surface area contributed by atoms with Gasteiger partial charge in [0.25, 0.3) is 0 Å². The molecule has 1 aromatic rings. The van der Waals surface area contributed by atoms with E-state index in [0.717, 1.165) is 0 Å². The van der Waals surface area contributed by atoms with Crippen LogP contribution >= 0.6 is 23.2 Å². The molecule has 78 valence electrons. The van der Waals surface area contributed by atoms with Crippen LogP contribution in [0.5, 0.6) is 5.75 Å². The molecule has 0 bridgehead atoms. The van der Waals surface area contributed by atoms with E-state index in [1.165, 1.54) is 12.1 Å². The molecule has 3 nitrogen and oxygen atoms in total. The number of nitrogens with one attached hydrogen (secondary N) is 1. The average Bonchev–Trinajstić information content (AvgIpc) is 2.16. The number of rotatable bonds is 4. The number of hydrogen-bond donors (Lipinski definition) is 3. The Kier molecular flexibility index (Phi) is 4.32. The molecule has 1 unspecified atom stereocenters. The van der Waals surface area contributed by atoms with Gasteiger partial charge in [0.1, 0.15) is 5.75 Å². The first-order valence-corrected chi connectivity index (χ1v) is 5.01. The zero-order chi connectivity index (χ0) is 10.6. The summed E-state index contributed by atoms with van der Waals surface area (Å²) in [6.45, 7) is 0.327. The number of anilines is 1. The monoisotopic (exact) mass is 235 g/mol. The first kappa shape index (κ1) is 11.4. The Balaban J connectivity index is 2.59. The third-order valence-electron chi connectivity index (χ3n) is 1.66. The maximum atomic E-state index is 9.18. The van der Waals surface area contributed by atoms with Crippen molar-refractivity contribution in [2.75, 3.05) is 17.7 Å². The fourth-order valence-corrected chi connectivity index (χ4v) is 1.28. The maximum Gasteiger partial charge on any atom is 0.117 e. The first-order chi connectivity index (χ1) is 6.63. The Morgan fingerprint density at radius 2 is 2.14 bits per heavy atom. The van der Waals surface area contributed by atoms with Crippen LogP contribution in [0.2, 0.25) is 5.02 Å². The number of aliphatic hydroxyl groups is 1. The summed E-state index contributed by atoms with van der Waals surface area (Å²) in [5, 5.41) is 21.6. The molecule has 0 aliphatic heterocycles. The molecule has 0 aromatic heterocycles. The average molecular weight is 236 g/mol. The van der Waals surface area contributed by atoms with E-state index in [0.29, 0.717) is 17.3 Å². The van der Waals surface area contributed by atoms with E-state index in [9.17, 15) is 5.11 Å². The Morgan fingerprint density at radius 1 is 1.43 bits per heavy atom. The number of benzene rings is 1. The van der Waals surface area contributed by atoms with Crippen molar-refractivity contribution in [2.24, 2.45) is 0 Å². The summed E-state index contributed by atoms with van der Waals surface area (Å²) in [6, 6.07) is 4.58. The highest BCUT2D eigenvalue weighted by atomic mass is 35.5. The second-order valence-corrected chi connectivity index (χ2v) is 3.57. The summed E-state index contributed by atoms with van der Waals surface area (Å²) in [5.41, 5.74) is 0.661. The lowest BCUT2D eigenvalue weighted by Gasteiger charge is -2.11. The number of aromatic hydroxyl groups is 1. The number of hydrogen-bond acceptors (Lipinski definition) is 3. The van der Waals surface area contributed by atoms with Gasteiger partial charge in [-0.15, -0.1) is 11.6 Å². The van der Waals surface area contributed by atoms with E-state index in [-0.39, 0.29) is 11.6 Å². The van der Waals surface area contributed by atoms with Gasteiger partial charge in [-0.1, -0.05) is 11.6 Å². The zero-order valence-electron chi connectivity index (χ0n) is 7.37. The molecule has 0 heterocycles. The van der Waals surface area contributed by atoms with Crippen LogP contribution in [0.25, 0.3) is 0 Å². The number of aliphatic hydroxyl groups excluding tert-OH is 1. The Hall–Kier alpha value is -0.640. The Morgan fingerprint density at radius 3 is 2.71 bits per heavy atom. The molecular formula is C9H11Cl2NO2. The highest BCUT2D eigenvalue weighted by molar-refractivity contribution is 6.33. The predicted molar refractivity (Wildman–Crippen MR) is 58.3 cm³/mol. The summed E-state index contributed by atoms with van der Waals surface area (Å²) in [5.74, 6) is 0.279. The first-order valence-electron chi connectivity index (χ1n) is 4.10. The van der Waals surface area contributed by atoms with Gasteiger partial charge in [-0.3, -0.25) is 0 Å². The summed E-state index contributed by atoms with van der Waals surface area (Å²) in [6.07, 6.45) is -0.610. The van der Waals surface area contributed by atoms with Gasteiger partial charge in [0.15, 0.2) is 0 Å². The molecule has 0 fully saturated rings. The molecule has 1 rings (SSSR count). The van der Waals surface area contributed by atoms with Gasteiger partial charge in [0.05, 0.1) is 22.7 Å². The van der Waals surface area contributed by atoms with Crippen molar-refractivity contribution in [1.29, 1.82) is 0 Å². The maximum absolute atomic E-state index is 9.18. The van der Waals surface area contributed by atoms with Crippen LogP contribution in [0, 0.1) is 0 Å². The molecule has 0 spiro atoms. The zero-order valence-corrected chi connectivity index (χ0v) is 8.89. The molecule has 14 heavy (non-hydrogen) atoms. The molecule has 0 aliphatic carbocycles. The molecule has 3 N–H and O–H groups in total. The minimum absolute atomic E-state index is 0.110. The van der Waals surface area contributed by atoms with Crippen LogP contribution in [0.15, 0.2) is 18.2 Å². The van der Waals surface area contributed by atoms with E-state index in [4.69, 9.17) is 28.3 Å². The van der Waals surface area contributed by atoms with Gasteiger partial charge in [-0.05, 0) is 12.1 Å². The minimum Gasteiger partial charge on any atom is -0.508 e. The van der Waals surface area contributed by atoms with Crippen molar-refractivity contribution in [3.05, 3.63) is 23.2 Å². The smallest absolute Gasteiger partial charge is 0.117 e. The summed E-state index contributed by atoms with van der Waals surface area (Å²) < 4.78 is 0. The second-order valence-electron chi connectivity index (χ2n) is 2.85. The van der Waals surface area contributed by atoms with Crippen molar-refractivity contribution in [1.82, 2.24) is 0 Å².